The van der Waals surface area contributed by atoms with E-state index < -0.39 is 0 Å². The van der Waals surface area contributed by atoms with Gasteiger partial charge in [-0.15, -0.1) is 0 Å². The normalized spacial score (nSPS) is 15.0. The van der Waals surface area contributed by atoms with Crippen LogP contribution in [0.15, 0.2) is 42.5 Å². The highest BCUT2D eigenvalue weighted by molar-refractivity contribution is 5.99. The second kappa shape index (κ2) is 8.38. The number of rotatable bonds is 5. The van der Waals surface area contributed by atoms with Gasteiger partial charge in [0.15, 0.2) is 5.78 Å². The first-order valence-electron chi connectivity index (χ1n) is 9.61. The maximum absolute atomic E-state index is 12.5. The molecule has 4 nitrogen and oxygen atoms in total. The van der Waals surface area contributed by atoms with Crippen molar-refractivity contribution < 1.29 is 14.7 Å². The summed E-state index contributed by atoms with van der Waals surface area (Å²) in [5.41, 5.74) is 3.97. The van der Waals surface area contributed by atoms with Gasteiger partial charge in [0.2, 0.25) is 5.91 Å². The number of piperidine rings is 1. The molecule has 1 fully saturated rings. The molecule has 0 atom stereocenters. The summed E-state index contributed by atoms with van der Waals surface area (Å²) in [5.74, 6) is 0.812. The Kier molecular flexibility index (Phi) is 5.94. The monoisotopic (exact) mass is 365 g/mol. The van der Waals surface area contributed by atoms with Gasteiger partial charge in [-0.1, -0.05) is 29.8 Å². The third kappa shape index (κ3) is 4.76. The first-order valence-corrected chi connectivity index (χ1v) is 9.61. The third-order valence-electron chi connectivity index (χ3n) is 5.47. The molecule has 1 saturated heterocycles. The first kappa shape index (κ1) is 19.2. The fraction of sp³-hybridized carbons (Fsp3) is 0.391. The van der Waals surface area contributed by atoms with Crippen LogP contribution in [0.25, 0.3) is 0 Å². The molecule has 0 aromatic heterocycles. The van der Waals surface area contributed by atoms with Gasteiger partial charge in [-0.3, -0.25) is 9.59 Å². The fourth-order valence-electron chi connectivity index (χ4n) is 3.76. The van der Waals surface area contributed by atoms with Crippen LogP contribution < -0.4 is 0 Å². The summed E-state index contributed by atoms with van der Waals surface area (Å²) >= 11 is 0. The lowest BCUT2D eigenvalue weighted by Gasteiger charge is -2.32. The number of phenolic OH excluding ortho intramolecular Hbond substituents is 1. The van der Waals surface area contributed by atoms with Crippen LogP contribution in [-0.2, 0) is 4.79 Å². The summed E-state index contributed by atoms with van der Waals surface area (Å²) in [6.45, 7) is 5.35. The number of amides is 1. The molecule has 0 bridgehead atoms. The van der Waals surface area contributed by atoms with Gasteiger partial charge in [-0.2, -0.15) is 0 Å². The smallest absolute Gasteiger partial charge is 0.223 e. The number of aromatic hydroxyl groups is 1. The highest BCUT2D eigenvalue weighted by Gasteiger charge is 2.24. The molecule has 0 spiro atoms. The Bertz CT molecular complexity index is 818. The Balaban J connectivity index is 1.50. The van der Waals surface area contributed by atoms with Gasteiger partial charge in [-0.05, 0) is 61.9 Å². The number of aryl methyl sites for hydroxylation is 2. The Morgan fingerprint density at radius 2 is 1.67 bits per heavy atom. The second-order valence-electron chi connectivity index (χ2n) is 7.49. The summed E-state index contributed by atoms with van der Waals surface area (Å²) in [6, 6.07) is 13.2. The molecular weight excluding hydrogens is 338 g/mol. The summed E-state index contributed by atoms with van der Waals surface area (Å²) < 4.78 is 0. The van der Waals surface area contributed by atoms with Crippen molar-refractivity contribution in [3.63, 3.8) is 0 Å². The molecule has 0 radical (unpaired) electrons. The molecule has 1 aliphatic rings. The molecule has 4 heteroatoms. The molecule has 27 heavy (non-hydrogen) atoms. The van der Waals surface area contributed by atoms with Gasteiger partial charge >= 0.3 is 0 Å². The van der Waals surface area contributed by atoms with E-state index in [1.165, 1.54) is 5.56 Å². The molecule has 0 saturated carbocycles. The first-order chi connectivity index (χ1) is 12.9. The van der Waals surface area contributed by atoms with Crippen LogP contribution >= 0.6 is 0 Å². The van der Waals surface area contributed by atoms with Crippen molar-refractivity contribution in [3.8, 4) is 5.75 Å². The maximum atomic E-state index is 12.5. The molecule has 2 aromatic rings. The Labute approximate surface area is 160 Å². The molecule has 3 rings (SSSR count). The average Bonchev–Trinajstić information content (AvgIpc) is 2.68. The van der Waals surface area contributed by atoms with Gasteiger partial charge in [0.05, 0.1) is 0 Å². The molecule has 1 amide bonds. The van der Waals surface area contributed by atoms with Crippen molar-refractivity contribution in [3.05, 3.63) is 64.7 Å². The van der Waals surface area contributed by atoms with E-state index in [0.717, 1.165) is 42.6 Å². The fourth-order valence-corrected chi connectivity index (χ4v) is 3.76. The number of ketones is 1. The zero-order chi connectivity index (χ0) is 19.4. The molecule has 1 aliphatic heterocycles. The van der Waals surface area contributed by atoms with Crippen molar-refractivity contribution in [2.75, 3.05) is 13.1 Å². The summed E-state index contributed by atoms with van der Waals surface area (Å²) in [5, 5.41) is 9.41. The van der Waals surface area contributed by atoms with Crippen LogP contribution in [0.5, 0.6) is 5.75 Å². The lowest BCUT2D eigenvalue weighted by Crippen LogP contribution is -2.38. The van der Waals surface area contributed by atoms with Crippen molar-refractivity contribution in [1.29, 1.82) is 0 Å². The minimum atomic E-state index is 0.0449. The van der Waals surface area contributed by atoms with E-state index in [1.54, 1.807) is 12.1 Å². The van der Waals surface area contributed by atoms with Crippen molar-refractivity contribution in [1.82, 2.24) is 4.90 Å². The highest BCUT2D eigenvalue weighted by atomic mass is 16.3. The van der Waals surface area contributed by atoms with Gasteiger partial charge < -0.3 is 10.0 Å². The third-order valence-corrected chi connectivity index (χ3v) is 5.47. The van der Waals surface area contributed by atoms with Crippen LogP contribution in [0, 0.1) is 13.8 Å². The topological polar surface area (TPSA) is 57.6 Å². The number of benzene rings is 2. The predicted octanol–water partition coefficient (Wildman–Crippen LogP) is 4.38. The van der Waals surface area contributed by atoms with E-state index in [-0.39, 0.29) is 30.3 Å². The highest BCUT2D eigenvalue weighted by Crippen LogP contribution is 2.29. The van der Waals surface area contributed by atoms with Crippen LogP contribution in [0.3, 0.4) is 0 Å². The van der Waals surface area contributed by atoms with E-state index in [2.05, 4.69) is 0 Å². The van der Waals surface area contributed by atoms with E-state index in [4.69, 9.17) is 0 Å². The van der Waals surface area contributed by atoms with E-state index in [0.29, 0.717) is 5.92 Å². The Morgan fingerprint density at radius 1 is 1.00 bits per heavy atom. The Hall–Kier alpha value is -2.62. The van der Waals surface area contributed by atoms with Gasteiger partial charge in [0.1, 0.15) is 5.75 Å². The Morgan fingerprint density at radius 3 is 2.33 bits per heavy atom. The van der Waals surface area contributed by atoms with E-state index >= 15 is 0 Å². The number of Topliss-reactive ketones (excluding diaryl/α,β-unsaturated/α-hetero) is 1. The largest absolute Gasteiger partial charge is 0.508 e. The number of nitrogens with zero attached hydrogens (tertiary/aromatic N) is 1. The second-order valence-corrected chi connectivity index (χ2v) is 7.49. The van der Waals surface area contributed by atoms with Crippen LogP contribution in [-0.4, -0.2) is 34.8 Å². The number of hydrogen-bond acceptors (Lipinski definition) is 3. The van der Waals surface area contributed by atoms with Crippen LogP contribution in [0.4, 0.5) is 0 Å². The number of likely N-dealkylation sites (tertiary alicyclic amines) is 1. The van der Waals surface area contributed by atoms with Gasteiger partial charge in [0, 0.05) is 31.5 Å². The minimum Gasteiger partial charge on any atom is -0.508 e. The molecule has 2 aromatic carbocycles. The number of phenols is 1. The van der Waals surface area contributed by atoms with Gasteiger partial charge in [0.25, 0.3) is 0 Å². The number of carbonyl (C=O) groups excluding carboxylic acids is 2. The summed E-state index contributed by atoms with van der Waals surface area (Å²) in [7, 11) is 0. The van der Waals surface area contributed by atoms with Gasteiger partial charge in [-0.25, -0.2) is 0 Å². The summed E-state index contributed by atoms with van der Waals surface area (Å²) in [4.78, 5) is 26.9. The number of hydrogen-bond donors (Lipinski definition) is 1. The van der Waals surface area contributed by atoms with Crippen molar-refractivity contribution in [2.24, 2.45) is 0 Å². The molecule has 142 valence electrons. The van der Waals surface area contributed by atoms with Crippen LogP contribution in [0.1, 0.15) is 58.6 Å². The number of carbonyl (C=O) groups is 2. The maximum Gasteiger partial charge on any atom is 0.223 e. The van der Waals surface area contributed by atoms with Crippen molar-refractivity contribution in [2.45, 2.75) is 45.4 Å². The van der Waals surface area contributed by atoms with E-state index in [1.807, 2.05) is 49.1 Å². The molecule has 0 unspecified atom stereocenters. The van der Waals surface area contributed by atoms with E-state index in [9.17, 15) is 14.7 Å². The predicted molar refractivity (Wildman–Crippen MR) is 106 cm³/mol. The SMILES string of the molecule is Cc1ccc(C)c(C(=O)CCC(=O)N2CCC(c3ccc(O)cc3)CC2)c1. The summed E-state index contributed by atoms with van der Waals surface area (Å²) in [6.07, 6.45) is 2.38. The molecule has 0 aliphatic carbocycles. The quantitative estimate of drug-likeness (QED) is 0.800. The van der Waals surface area contributed by atoms with Crippen LogP contribution in [0.2, 0.25) is 0 Å². The van der Waals surface area contributed by atoms with Crippen molar-refractivity contribution >= 4 is 11.7 Å². The molecule has 1 heterocycles. The molecular formula is C23H27NO3. The lowest BCUT2D eigenvalue weighted by atomic mass is 9.89. The molecule has 1 N–H and O–H groups in total. The zero-order valence-electron chi connectivity index (χ0n) is 16.1. The average molecular weight is 365 g/mol. The lowest BCUT2D eigenvalue weighted by molar-refractivity contribution is -0.132. The zero-order valence-corrected chi connectivity index (χ0v) is 16.1. The minimum absolute atomic E-state index is 0.0449. The standard InChI is InChI=1S/C23H27NO3/c1-16-3-4-17(2)21(15-16)22(26)9-10-23(27)24-13-11-19(12-14-24)18-5-7-20(25)8-6-18/h3-8,15,19,25H,9-14H2,1-2H3.